The number of ether oxygens (including phenoxy) is 1. The molecule has 1 atom stereocenters. The van der Waals surface area contributed by atoms with Crippen molar-refractivity contribution in [1.29, 1.82) is 0 Å². The first-order valence-corrected chi connectivity index (χ1v) is 11.4. The van der Waals surface area contributed by atoms with Gasteiger partial charge in [0.2, 0.25) is 11.9 Å². The minimum atomic E-state index is -1.14. The molecule has 0 saturated carbocycles. The van der Waals surface area contributed by atoms with Crippen LogP contribution in [-0.2, 0) is 14.3 Å². The number of hydrogen-bond acceptors (Lipinski definition) is 6. The lowest BCUT2D eigenvalue weighted by atomic mass is 10.0. The zero-order valence-electron chi connectivity index (χ0n) is 19.4. The minimum absolute atomic E-state index is 0.107. The molecule has 2 aromatic rings. The molecule has 11 nitrogen and oxygen atoms in total. The van der Waals surface area contributed by atoms with E-state index in [1.54, 1.807) is 19.1 Å². The van der Waals surface area contributed by atoms with E-state index in [1.807, 2.05) is 0 Å². The first-order chi connectivity index (χ1) is 17.1. The third kappa shape index (κ3) is 9.43. The Kier molecular flexibility index (Phi) is 11.0. The lowest BCUT2D eigenvalue weighted by Gasteiger charge is -2.18. The van der Waals surface area contributed by atoms with Crippen LogP contribution in [0.1, 0.15) is 35.3 Å². The van der Waals surface area contributed by atoms with Crippen molar-refractivity contribution in [3.63, 3.8) is 0 Å². The molecule has 0 fully saturated rings. The number of hydrogen-bond donors (Lipinski definition) is 5. The molecule has 0 heterocycles. The summed E-state index contributed by atoms with van der Waals surface area (Å²) in [4.78, 5) is 51.8. The Morgan fingerprint density at radius 1 is 1.08 bits per heavy atom. The molecule has 3 amide bonds. The fourth-order valence-electron chi connectivity index (χ4n) is 2.99. The Morgan fingerprint density at radius 3 is 2.39 bits per heavy atom. The molecule has 36 heavy (non-hydrogen) atoms. The van der Waals surface area contributed by atoms with Crippen LogP contribution >= 0.6 is 23.2 Å². The van der Waals surface area contributed by atoms with E-state index < -0.39 is 42.9 Å². The SMILES string of the molecule is CCOC(=O)NC(=NC)Nc1cccc(C(=O)NCC(=O)NC(CC(=O)O)c2cc(Cl)cc(Cl)c2)c1. The fraction of sp³-hybridized carbons (Fsp3) is 0.261. The molecule has 0 aromatic heterocycles. The van der Waals surface area contributed by atoms with Crippen LogP contribution in [-0.4, -0.2) is 55.1 Å². The average Bonchev–Trinajstić information content (AvgIpc) is 2.81. The van der Waals surface area contributed by atoms with Crippen LogP contribution in [0.15, 0.2) is 47.5 Å². The molecule has 2 rings (SSSR count). The Morgan fingerprint density at radius 2 is 1.78 bits per heavy atom. The number of carbonyl (C=O) groups excluding carboxylic acids is 3. The van der Waals surface area contributed by atoms with Gasteiger partial charge in [0.15, 0.2) is 0 Å². The van der Waals surface area contributed by atoms with Crippen molar-refractivity contribution in [3.05, 3.63) is 63.6 Å². The molecule has 1 unspecified atom stereocenters. The van der Waals surface area contributed by atoms with Gasteiger partial charge >= 0.3 is 12.1 Å². The number of alkyl carbamates (subject to hydrolysis) is 1. The maximum Gasteiger partial charge on any atom is 0.413 e. The van der Waals surface area contributed by atoms with Gasteiger partial charge in [0, 0.05) is 28.3 Å². The van der Waals surface area contributed by atoms with Crippen molar-refractivity contribution in [3.8, 4) is 0 Å². The predicted molar refractivity (Wildman–Crippen MR) is 136 cm³/mol. The Bertz CT molecular complexity index is 1140. The number of amides is 3. The first kappa shape index (κ1) is 28.4. The number of benzene rings is 2. The van der Waals surface area contributed by atoms with Crippen molar-refractivity contribution in [2.75, 3.05) is 25.5 Å². The van der Waals surface area contributed by atoms with E-state index in [0.29, 0.717) is 11.3 Å². The predicted octanol–water partition coefficient (Wildman–Crippen LogP) is 3.20. The summed E-state index contributed by atoms with van der Waals surface area (Å²) in [5, 5.41) is 20.1. The highest BCUT2D eigenvalue weighted by atomic mass is 35.5. The highest BCUT2D eigenvalue weighted by Crippen LogP contribution is 2.25. The standard InChI is InChI=1S/C23H25Cl2N5O6/c1-3-36-23(35)30-22(26-2)28-17-6-4-5-13(9-17)21(34)27-12-19(31)29-18(11-20(32)33)14-7-15(24)10-16(25)8-14/h4-10,18H,3,11-12H2,1-2H3,(H,27,34)(H,29,31)(H,32,33)(H2,26,28,30,35). The summed E-state index contributed by atoms with van der Waals surface area (Å²) in [5.41, 5.74) is 1.09. The summed E-state index contributed by atoms with van der Waals surface area (Å²) in [6, 6.07) is 9.85. The Hall–Kier alpha value is -3.83. The number of anilines is 1. The molecule has 13 heteroatoms. The lowest BCUT2D eigenvalue weighted by molar-refractivity contribution is -0.137. The van der Waals surface area contributed by atoms with E-state index in [1.165, 1.54) is 37.4 Å². The van der Waals surface area contributed by atoms with Gasteiger partial charge in [-0.05, 0) is 48.9 Å². The van der Waals surface area contributed by atoms with Gasteiger partial charge in [0.25, 0.3) is 5.91 Å². The molecule has 0 saturated heterocycles. The highest BCUT2D eigenvalue weighted by molar-refractivity contribution is 6.34. The number of nitrogens with zero attached hydrogens (tertiary/aromatic N) is 1. The maximum atomic E-state index is 12.6. The zero-order chi connectivity index (χ0) is 26.7. The number of guanidine groups is 1. The summed E-state index contributed by atoms with van der Waals surface area (Å²) in [7, 11) is 1.46. The third-order valence-electron chi connectivity index (χ3n) is 4.52. The summed E-state index contributed by atoms with van der Waals surface area (Å²) in [6.45, 7) is 1.44. The van der Waals surface area contributed by atoms with Crippen molar-refractivity contribution >= 4 is 58.7 Å². The molecule has 0 bridgehead atoms. The molecule has 0 aliphatic heterocycles. The summed E-state index contributed by atoms with van der Waals surface area (Å²) in [5.74, 6) is -2.20. The number of halogens is 2. The number of carbonyl (C=O) groups is 4. The number of aliphatic carboxylic acids is 1. The fourth-order valence-corrected chi connectivity index (χ4v) is 3.54. The molecular formula is C23H25Cl2N5O6. The van der Waals surface area contributed by atoms with E-state index in [9.17, 15) is 24.3 Å². The van der Waals surface area contributed by atoms with E-state index in [0.717, 1.165) is 0 Å². The van der Waals surface area contributed by atoms with Gasteiger partial charge < -0.3 is 25.8 Å². The van der Waals surface area contributed by atoms with Crippen LogP contribution in [0.25, 0.3) is 0 Å². The van der Waals surface area contributed by atoms with Crippen LogP contribution in [0.2, 0.25) is 10.0 Å². The summed E-state index contributed by atoms with van der Waals surface area (Å²) in [6.07, 6.45) is -1.10. The quantitative estimate of drug-likeness (QED) is 0.242. The molecule has 192 valence electrons. The van der Waals surface area contributed by atoms with Gasteiger partial charge in [0.05, 0.1) is 25.6 Å². The van der Waals surface area contributed by atoms with Gasteiger partial charge in [0.1, 0.15) is 0 Å². The molecule has 2 aromatic carbocycles. The number of nitrogens with one attached hydrogen (secondary N) is 4. The van der Waals surface area contributed by atoms with Crippen LogP contribution in [0, 0.1) is 0 Å². The van der Waals surface area contributed by atoms with Crippen molar-refractivity contribution in [1.82, 2.24) is 16.0 Å². The number of aliphatic imine (C=N–C) groups is 1. The zero-order valence-corrected chi connectivity index (χ0v) is 20.9. The average molecular weight is 538 g/mol. The van der Waals surface area contributed by atoms with E-state index >= 15 is 0 Å². The first-order valence-electron chi connectivity index (χ1n) is 10.6. The Balaban J connectivity index is 2.00. The summed E-state index contributed by atoms with van der Waals surface area (Å²) >= 11 is 12.0. The van der Waals surface area contributed by atoms with E-state index in [-0.39, 0.29) is 28.2 Å². The molecule has 0 spiro atoms. The van der Waals surface area contributed by atoms with E-state index in [4.69, 9.17) is 27.9 Å². The topological polar surface area (TPSA) is 158 Å². The summed E-state index contributed by atoms with van der Waals surface area (Å²) < 4.78 is 4.80. The third-order valence-corrected chi connectivity index (χ3v) is 4.95. The van der Waals surface area contributed by atoms with Gasteiger partial charge in [-0.25, -0.2) is 4.79 Å². The number of carboxylic acids is 1. The van der Waals surface area contributed by atoms with Gasteiger partial charge in [-0.1, -0.05) is 29.3 Å². The van der Waals surface area contributed by atoms with Gasteiger partial charge in [-0.2, -0.15) is 0 Å². The van der Waals surface area contributed by atoms with Crippen molar-refractivity contribution < 1.29 is 29.0 Å². The van der Waals surface area contributed by atoms with E-state index in [2.05, 4.69) is 26.3 Å². The van der Waals surface area contributed by atoms with Crippen LogP contribution in [0.3, 0.4) is 0 Å². The van der Waals surface area contributed by atoms with Gasteiger partial charge in [-0.3, -0.25) is 24.7 Å². The van der Waals surface area contributed by atoms with Crippen LogP contribution in [0.5, 0.6) is 0 Å². The minimum Gasteiger partial charge on any atom is -0.481 e. The second-order valence-corrected chi connectivity index (χ2v) is 8.10. The molecule has 0 aliphatic carbocycles. The molecule has 5 N–H and O–H groups in total. The Labute approximate surface area is 217 Å². The highest BCUT2D eigenvalue weighted by Gasteiger charge is 2.20. The second kappa shape index (κ2) is 13.9. The number of carboxylic acid groups (broad SMARTS) is 1. The molecule has 0 radical (unpaired) electrons. The molecular weight excluding hydrogens is 513 g/mol. The van der Waals surface area contributed by atoms with Crippen molar-refractivity contribution in [2.24, 2.45) is 4.99 Å². The smallest absolute Gasteiger partial charge is 0.413 e. The lowest BCUT2D eigenvalue weighted by Crippen LogP contribution is -2.39. The van der Waals surface area contributed by atoms with Crippen LogP contribution in [0.4, 0.5) is 10.5 Å². The maximum absolute atomic E-state index is 12.6. The van der Waals surface area contributed by atoms with Crippen molar-refractivity contribution in [2.45, 2.75) is 19.4 Å². The largest absolute Gasteiger partial charge is 0.481 e. The molecule has 0 aliphatic rings. The number of rotatable bonds is 9. The van der Waals surface area contributed by atoms with Gasteiger partial charge in [-0.15, -0.1) is 0 Å². The monoisotopic (exact) mass is 537 g/mol. The second-order valence-electron chi connectivity index (χ2n) is 7.23. The van der Waals surface area contributed by atoms with Crippen LogP contribution < -0.4 is 21.3 Å². The normalized spacial score (nSPS) is 11.7.